The SMILES string of the molecule is O[C@@H](CN1CCc2c(ncn2C2CC2)C1)c1cc(F)ccc1F. The van der Waals surface area contributed by atoms with Crippen molar-refractivity contribution < 1.29 is 13.9 Å². The smallest absolute Gasteiger partial charge is 0.129 e. The predicted octanol–water partition coefficient (Wildman–Crippen LogP) is 2.59. The Morgan fingerprint density at radius 1 is 1.30 bits per heavy atom. The molecule has 1 aliphatic heterocycles. The highest BCUT2D eigenvalue weighted by atomic mass is 19.1. The summed E-state index contributed by atoms with van der Waals surface area (Å²) in [5.41, 5.74) is 2.34. The van der Waals surface area contributed by atoms with E-state index < -0.39 is 17.7 Å². The minimum absolute atomic E-state index is 0.0132. The van der Waals surface area contributed by atoms with Crippen LogP contribution in [-0.2, 0) is 13.0 Å². The molecule has 122 valence electrons. The van der Waals surface area contributed by atoms with E-state index in [2.05, 4.69) is 9.55 Å². The maximum Gasteiger partial charge on any atom is 0.129 e. The second-order valence-electron chi connectivity index (χ2n) is 6.44. The number of hydrogen-bond acceptors (Lipinski definition) is 3. The second kappa shape index (κ2) is 5.69. The first-order chi connectivity index (χ1) is 11.1. The highest BCUT2D eigenvalue weighted by Crippen LogP contribution is 2.37. The third-order valence-corrected chi connectivity index (χ3v) is 4.71. The first-order valence-corrected chi connectivity index (χ1v) is 8.02. The van der Waals surface area contributed by atoms with Crippen LogP contribution in [0.3, 0.4) is 0 Å². The Labute approximate surface area is 133 Å². The van der Waals surface area contributed by atoms with Crippen molar-refractivity contribution in [2.45, 2.75) is 38.0 Å². The molecule has 2 aromatic rings. The molecule has 0 spiro atoms. The van der Waals surface area contributed by atoms with Crippen molar-refractivity contribution in [2.75, 3.05) is 13.1 Å². The van der Waals surface area contributed by atoms with E-state index in [-0.39, 0.29) is 12.1 Å². The van der Waals surface area contributed by atoms with Crippen LogP contribution in [0, 0.1) is 11.6 Å². The maximum absolute atomic E-state index is 13.8. The average Bonchev–Trinajstić information content (AvgIpc) is 3.29. The molecule has 23 heavy (non-hydrogen) atoms. The zero-order valence-corrected chi connectivity index (χ0v) is 12.8. The molecule has 1 aromatic carbocycles. The molecule has 1 aliphatic carbocycles. The normalized spacial score (nSPS) is 19.6. The van der Waals surface area contributed by atoms with Gasteiger partial charge in [0.15, 0.2) is 0 Å². The maximum atomic E-state index is 13.8. The van der Waals surface area contributed by atoms with Crippen LogP contribution in [0.15, 0.2) is 24.5 Å². The lowest BCUT2D eigenvalue weighted by molar-refractivity contribution is 0.101. The third kappa shape index (κ3) is 2.88. The third-order valence-electron chi connectivity index (χ3n) is 4.71. The standard InChI is InChI=1S/C17H19F2N3O/c18-11-1-4-14(19)13(7-11)17(23)9-21-6-5-16-15(8-21)20-10-22(16)12-2-3-12/h1,4,7,10,12,17,23H,2-3,5-6,8-9H2/t17-/m0/s1. The van der Waals surface area contributed by atoms with E-state index in [4.69, 9.17) is 0 Å². The van der Waals surface area contributed by atoms with Crippen molar-refractivity contribution in [2.24, 2.45) is 0 Å². The van der Waals surface area contributed by atoms with E-state index in [1.807, 2.05) is 11.2 Å². The molecule has 4 nitrogen and oxygen atoms in total. The zero-order chi connectivity index (χ0) is 16.0. The van der Waals surface area contributed by atoms with Crippen molar-refractivity contribution in [3.63, 3.8) is 0 Å². The molecule has 4 rings (SSSR count). The molecule has 6 heteroatoms. The Morgan fingerprint density at radius 3 is 2.91 bits per heavy atom. The number of β-amino-alcohol motifs (C(OH)–C–C–N with tert-alkyl or cyclic N) is 1. The number of hydrogen-bond donors (Lipinski definition) is 1. The van der Waals surface area contributed by atoms with Crippen LogP contribution in [0.2, 0.25) is 0 Å². The van der Waals surface area contributed by atoms with Gasteiger partial charge in [0.25, 0.3) is 0 Å². The van der Waals surface area contributed by atoms with Crippen LogP contribution in [0.1, 0.15) is 41.9 Å². The molecule has 1 N–H and O–H groups in total. The number of aliphatic hydroxyl groups is 1. The molecule has 0 unspecified atom stereocenters. The summed E-state index contributed by atoms with van der Waals surface area (Å²) in [5, 5.41) is 10.3. The van der Waals surface area contributed by atoms with Crippen molar-refractivity contribution in [3.8, 4) is 0 Å². The highest BCUT2D eigenvalue weighted by Gasteiger charge is 2.30. The first-order valence-electron chi connectivity index (χ1n) is 8.02. The van der Waals surface area contributed by atoms with Crippen LogP contribution in [-0.4, -0.2) is 32.6 Å². The zero-order valence-electron chi connectivity index (χ0n) is 12.8. The van der Waals surface area contributed by atoms with Gasteiger partial charge in [-0.3, -0.25) is 4.90 Å². The molecule has 0 amide bonds. The van der Waals surface area contributed by atoms with E-state index in [0.29, 0.717) is 12.6 Å². The van der Waals surface area contributed by atoms with Crippen molar-refractivity contribution in [1.29, 1.82) is 0 Å². The van der Waals surface area contributed by atoms with Crippen LogP contribution in [0.25, 0.3) is 0 Å². The van der Waals surface area contributed by atoms with Crippen LogP contribution in [0.5, 0.6) is 0 Å². The van der Waals surface area contributed by atoms with Gasteiger partial charge in [-0.15, -0.1) is 0 Å². The van der Waals surface area contributed by atoms with Gasteiger partial charge in [-0.2, -0.15) is 0 Å². The first kappa shape index (κ1) is 14.8. The minimum Gasteiger partial charge on any atom is -0.387 e. The van der Waals surface area contributed by atoms with E-state index in [1.165, 1.54) is 18.5 Å². The fourth-order valence-corrected chi connectivity index (χ4v) is 3.32. The summed E-state index contributed by atoms with van der Waals surface area (Å²) in [6.07, 6.45) is 4.20. The van der Waals surface area contributed by atoms with Crippen molar-refractivity contribution >= 4 is 0 Å². The van der Waals surface area contributed by atoms with Gasteiger partial charge in [-0.05, 0) is 31.0 Å². The lowest BCUT2D eigenvalue weighted by Gasteiger charge is -2.29. The van der Waals surface area contributed by atoms with Gasteiger partial charge in [0.05, 0.1) is 18.1 Å². The summed E-state index contributed by atoms with van der Waals surface area (Å²) >= 11 is 0. The van der Waals surface area contributed by atoms with Gasteiger partial charge >= 0.3 is 0 Å². The fourth-order valence-electron chi connectivity index (χ4n) is 3.32. The molecular weight excluding hydrogens is 300 g/mol. The number of aliphatic hydroxyl groups excluding tert-OH is 1. The molecule has 2 aliphatic rings. The molecule has 0 saturated heterocycles. The van der Waals surface area contributed by atoms with Gasteiger partial charge < -0.3 is 9.67 Å². The molecular formula is C17H19F2N3O. The van der Waals surface area contributed by atoms with Crippen LogP contribution in [0.4, 0.5) is 8.78 Å². The number of rotatable bonds is 4. The Kier molecular flexibility index (Phi) is 3.66. The Bertz CT molecular complexity index is 727. The summed E-state index contributed by atoms with van der Waals surface area (Å²) in [4.78, 5) is 6.53. The van der Waals surface area contributed by atoms with Crippen molar-refractivity contribution in [3.05, 3.63) is 53.1 Å². The number of benzene rings is 1. The Hall–Kier alpha value is -1.79. The quantitative estimate of drug-likeness (QED) is 0.942. The van der Waals surface area contributed by atoms with Gasteiger partial charge in [0.2, 0.25) is 0 Å². The lowest BCUT2D eigenvalue weighted by atomic mass is 10.1. The molecule has 1 aromatic heterocycles. The number of nitrogens with zero attached hydrogens (tertiary/aromatic N) is 3. The monoisotopic (exact) mass is 319 g/mol. The lowest BCUT2D eigenvalue weighted by Crippen LogP contribution is -2.34. The van der Waals surface area contributed by atoms with E-state index in [9.17, 15) is 13.9 Å². The van der Waals surface area contributed by atoms with Crippen molar-refractivity contribution in [1.82, 2.24) is 14.5 Å². The highest BCUT2D eigenvalue weighted by molar-refractivity contribution is 5.22. The molecule has 2 heterocycles. The topological polar surface area (TPSA) is 41.3 Å². The molecule has 1 saturated carbocycles. The molecule has 1 atom stereocenters. The van der Waals surface area contributed by atoms with Gasteiger partial charge in [0, 0.05) is 43.4 Å². The summed E-state index contributed by atoms with van der Waals surface area (Å²) in [7, 11) is 0. The fraction of sp³-hybridized carbons (Fsp3) is 0.471. The Morgan fingerprint density at radius 2 is 2.13 bits per heavy atom. The molecule has 1 fully saturated rings. The summed E-state index contributed by atoms with van der Waals surface area (Å²) in [5.74, 6) is -1.11. The number of aromatic nitrogens is 2. The average molecular weight is 319 g/mol. The Balaban J connectivity index is 1.46. The predicted molar refractivity (Wildman–Crippen MR) is 80.8 cm³/mol. The number of fused-ring (bicyclic) bond motifs is 1. The van der Waals surface area contributed by atoms with Gasteiger partial charge in [0.1, 0.15) is 11.6 Å². The summed E-state index contributed by atoms with van der Waals surface area (Å²) < 4.78 is 29.3. The van der Waals surface area contributed by atoms with Crippen LogP contribution < -0.4 is 0 Å². The van der Waals surface area contributed by atoms with Gasteiger partial charge in [-0.25, -0.2) is 13.8 Å². The summed E-state index contributed by atoms with van der Waals surface area (Å²) in [6, 6.07) is 3.80. The van der Waals surface area contributed by atoms with E-state index >= 15 is 0 Å². The minimum atomic E-state index is -1.04. The largest absolute Gasteiger partial charge is 0.387 e. The number of halogens is 2. The van der Waals surface area contributed by atoms with E-state index in [1.54, 1.807) is 0 Å². The summed E-state index contributed by atoms with van der Waals surface area (Å²) in [6.45, 7) is 1.71. The molecule has 0 bridgehead atoms. The van der Waals surface area contributed by atoms with Gasteiger partial charge in [-0.1, -0.05) is 0 Å². The number of imidazole rings is 1. The van der Waals surface area contributed by atoms with Crippen LogP contribution >= 0.6 is 0 Å². The van der Waals surface area contributed by atoms with E-state index in [0.717, 1.165) is 36.9 Å². The molecule has 0 radical (unpaired) electrons. The second-order valence-corrected chi connectivity index (χ2v) is 6.44.